The molecule has 0 fully saturated rings. The molecule has 0 aliphatic heterocycles. The van der Waals surface area contributed by atoms with Gasteiger partial charge in [-0.1, -0.05) is 176 Å². The average Bonchev–Trinajstić information content (AvgIpc) is 3.59. The first-order valence-electron chi connectivity index (χ1n) is 17.5. The molecule has 2 heteroatoms. The zero-order valence-corrected chi connectivity index (χ0v) is 27.9. The van der Waals surface area contributed by atoms with E-state index in [1.54, 1.807) is 0 Å². The summed E-state index contributed by atoms with van der Waals surface area (Å²) in [5.74, 6) is 0.932. The molecule has 10 rings (SSSR count). The highest BCUT2D eigenvalue weighted by Gasteiger charge is 2.20. The van der Waals surface area contributed by atoms with Crippen LogP contribution in [-0.2, 0) is 0 Å². The molecule has 0 saturated carbocycles. The summed E-state index contributed by atoms with van der Waals surface area (Å²) in [6.45, 7) is 0. The Labute approximate surface area is 296 Å². The standard InChI is InChI=1S/C49H32N2/c1-2-15-33(16-3-1)37-19-6-7-21-39(37)48-42-24-10-8-22-40(42)47(41-23-9-11-25-43(41)48)35-29-31-36(32-30-35)49-50-44-26-12-13-27-46(44)51(49)45-28-14-18-34-17-4-5-20-38(34)45/h1-32H. The quantitative estimate of drug-likeness (QED) is 0.170. The number of aromatic nitrogens is 2. The first-order valence-corrected chi connectivity index (χ1v) is 17.5. The van der Waals surface area contributed by atoms with Crippen LogP contribution in [0.25, 0.3) is 93.8 Å². The fourth-order valence-corrected chi connectivity index (χ4v) is 7.95. The van der Waals surface area contributed by atoms with Crippen molar-refractivity contribution >= 4 is 43.4 Å². The van der Waals surface area contributed by atoms with Crippen LogP contribution in [0.5, 0.6) is 0 Å². The maximum Gasteiger partial charge on any atom is 0.145 e. The molecular formula is C49H32N2. The van der Waals surface area contributed by atoms with E-state index in [0.717, 1.165) is 28.1 Å². The SMILES string of the molecule is c1ccc(-c2ccccc2-c2c3ccccc3c(-c3ccc(-c4nc5ccccc5n4-c4cccc5ccccc45)cc3)c3ccccc23)cc1. The van der Waals surface area contributed by atoms with E-state index < -0.39 is 0 Å². The van der Waals surface area contributed by atoms with Gasteiger partial charge in [0.05, 0.1) is 16.7 Å². The van der Waals surface area contributed by atoms with Crippen LogP contribution < -0.4 is 0 Å². The molecule has 9 aromatic carbocycles. The number of benzene rings is 9. The van der Waals surface area contributed by atoms with Crippen molar-refractivity contribution in [2.24, 2.45) is 0 Å². The average molecular weight is 649 g/mol. The molecule has 0 aliphatic carbocycles. The number of fused-ring (bicyclic) bond motifs is 4. The van der Waals surface area contributed by atoms with Crippen LogP contribution in [0.1, 0.15) is 0 Å². The molecule has 0 N–H and O–H groups in total. The fourth-order valence-electron chi connectivity index (χ4n) is 7.95. The largest absolute Gasteiger partial charge is 0.292 e. The van der Waals surface area contributed by atoms with Crippen LogP contribution in [0.3, 0.4) is 0 Å². The third-order valence-corrected chi connectivity index (χ3v) is 10.2. The monoisotopic (exact) mass is 648 g/mol. The summed E-state index contributed by atoms with van der Waals surface area (Å²) >= 11 is 0. The van der Waals surface area contributed by atoms with Gasteiger partial charge in [-0.05, 0) is 78.5 Å². The molecule has 10 aromatic rings. The van der Waals surface area contributed by atoms with Crippen LogP contribution in [0, 0.1) is 0 Å². The van der Waals surface area contributed by atoms with Crippen LogP contribution >= 0.6 is 0 Å². The van der Waals surface area contributed by atoms with Gasteiger partial charge in [-0.25, -0.2) is 4.98 Å². The molecule has 1 heterocycles. The smallest absolute Gasteiger partial charge is 0.145 e. The minimum atomic E-state index is 0.932. The topological polar surface area (TPSA) is 17.8 Å². The van der Waals surface area contributed by atoms with Gasteiger partial charge < -0.3 is 0 Å². The van der Waals surface area contributed by atoms with Gasteiger partial charge in [-0.15, -0.1) is 0 Å². The van der Waals surface area contributed by atoms with Crippen LogP contribution in [0.2, 0.25) is 0 Å². The minimum absolute atomic E-state index is 0.932. The lowest BCUT2D eigenvalue weighted by molar-refractivity contribution is 1.11. The number of imidazole rings is 1. The van der Waals surface area contributed by atoms with Crippen molar-refractivity contribution in [2.45, 2.75) is 0 Å². The second kappa shape index (κ2) is 12.0. The summed E-state index contributed by atoms with van der Waals surface area (Å²) in [7, 11) is 0. The van der Waals surface area contributed by atoms with Gasteiger partial charge in [0.25, 0.3) is 0 Å². The van der Waals surface area contributed by atoms with Gasteiger partial charge in [-0.2, -0.15) is 0 Å². The Morgan fingerprint density at radius 1 is 0.333 bits per heavy atom. The summed E-state index contributed by atoms with van der Waals surface area (Å²) in [4.78, 5) is 5.21. The molecular weight excluding hydrogens is 617 g/mol. The van der Waals surface area contributed by atoms with Crippen molar-refractivity contribution in [3.8, 4) is 50.5 Å². The number of nitrogens with zero attached hydrogens (tertiary/aromatic N) is 2. The van der Waals surface area contributed by atoms with Crippen molar-refractivity contribution in [2.75, 3.05) is 0 Å². The van der Waals surface area contributed by atoms with Crippen LogP contribution in [0.15, 0.2) is 194 Å². The molecule has 0 saturated heterocycles. The number of hydrogen-bond donors (Lipinski definition) is 0. The zero-order chi connectivity index (χ0) is 33.7. The number of rotatable bonds is 5. The third kappa shape index (κ3) is 4.76. The molecule has 238 valence electrons. The molecule has 0 radical (unpaired) electrons. The Kier molecular flexibility index (Phi) is 6.85. The van der Waals surface area contributed by atoms with E-state index in [4.69, 9.17) is 4.98 Å². The molecule has 0 bridgehead atoms. The molecule has 0 amide bonds. The second-order valence-electron chi connectivity index (χ2n) is 13.1. The van der Waals surface area contributed by atoms with Crippen molar-refractivity contribution in [1.29, 1.82) is 0 Å². The van der Waals surface area contributed by atoms with Crippen molar-refractivity contribution in [3.05, 3.63) is 194 Å². The maximum atomic E-state index is 5.21. The summed E-state index contributed by atoms with van der Waals surface area (Å²) in [5.41, 5.74) is 11.7. The van der Waals surface area contributed by atoms with Crippen LogP contribution in [-0.4, -0.2) is 9.55 Å². The summed E-state index contributed by atoms with van der Waals surface area (Å²) in [5, 5.41) is 7.39. The first-order chi connectivity index (χ1) is 25.3. The van der Waals surface area contributed by atoms with E-state index in [1.165, 1.54) is 65.7 Å². The molecule has 2 nitrogen and oxygen atoms in total. The van der Waals surface area contributed by atoms with Gasteiger partial charge in [-0.3, -0.25) is 4.57 Å². The lowest BCUT2D eigenvalue weighted by Crippen LogP contribution is -1.99. The predicted octanol–water partition coefficient (Wildman–Crippen LogP) is 13.2. The van der Waals surface area contributed by atoms with E-state index in [2.05, 4.69) is 199 Å². The van der Waals surface area contributed by atoms with E-state index in [1.807, 2.05) is 0 Å². The highest BCUT2D eigenvalue weighted by atomic mass is 15.1. The Morgan fingerprint density at radius 3 is 1.59 bits per heavy atom. The van der Waals surface area contributed by atoms with Gasteiger partial charge in [0.2, 0.25) is 0 Å². The Morgan fingerprint density at radius 2 is 0.863 bits per heavy atom. The van der Waals surface area contributed by atoms with E-state index in [-0.39, 0.29) is 0 Å². The molecule has 1 aromatic heterocycles. The summed E-state index contributed by atoms with van der Waals surface area (Å²) in [6.07, 6.45) is 0. The molecule has 0 spiro atoms. The first kappa shape index (κ1) is 29.2. The zero-order valence-electron chi connectivity index (χ0n) is 27.9. The van der Waals surface area contributed by atoms with Gasteiger partial charge >= 0.3 is 0 Å². The number of para-hydroxylation sites is 2. The predicted molar refractivity (Wildman–Crippen MR) is 215 cm³/mol. The number of hydrogen-bond acceptors (Lipinski definition) is 1. The van der Waals surface area contributed by atoms with E-state index in [0.29, 0.717) is 0 Å². The third-order valence-electron chi connectivity index (χ3n) is 10.2. The Hall–Kier alpha value is -6.77. The maximum absolute atomic E-state index is 5.21. The van der Waals surface area contributed by atoms with E-state index >= 15 is 0 Å². The van der Waals surface area contributed by atoms with Gasteiger partial charge in [0.15, 0.2) is 0 Å². The fraction of sp³-hybridized carbons (Fsp3) is 0. The molecule has 51 heavy (non-hydrogen) atoms. The lowest BCUT2D eigenvalue weighted by Gasteiger charge is -2.20. The Bertz CT molecular complexity index is 2840. The minimum Gasteiger partial charge on any atom is -0.292 e. The highest BCUT2D eigenvalue weighted by Crippen LogP contribution is 2.46. The molecule has 0 aliphatic rings. The van der Waals surface area contributed by atoms with Gasteiger partial charge in [0.1, 0.15) is 5.82 Å². The normalized spacial score (nSPS) is 11.5. The highest BCUT2D eigenvalue weighted by molar-refractivity contribution is 6.22. The molecule has 0 atom stereocenters. The summed E-state index contributed by atoms with van der Waals surface area (Å²) in [6, 6.07) is 69.8. The Balaban J connectivity index is 1.18. The lowest BCUT2D eigenvalue weighted by atomic mass is 9.84. The summed E-state index contributed by atoms with van der Waals surface area (Å²) < 4.78 is 2.32. The van der Waals surface area contributed by atoms with Crippen molar-refractivity contribution < 1.29 is 0 Å². The van der Waals surface area contributed by atoms with Crippen molar-refractivity contribution in [1.82, 2.24) is 9.55 Å². The van der Waals surface area contributed by atoms with Gasteiger partial charge in [0, 0.05) is 10.9 Å². The second-order valence-corrected chi connectivity index (χ2v) is 13.1. The van der Waals surface area contributed by atoms with Crippen LogP contribution in [0.4, 0.5) is 0 Å². The molecule has 0 unspecified atom stereocenters. The van der Waals surface area contributed by atoms with E-state index in [9.17, 15) is 0 Å². The van der Waals surface area contributed by atoms with Crippen molar-refractivity contribution in [3.63, 3.8) is 0 Å².